The first-order valence-corrected chi connectivity index (χ1v) is 10.3. The number of hydrogen-bond acceptors (Lipinski definition) is 9. The maximum absolute atomic E-state index is 13.2. The van der Waals surface area contributed by atoms with Crippen LogP contribution < -0.4 is 34.3 Å². The first kappa shape index (κ1) is 23.4. The lowest BCUT2D eigenvalue weighted by molar-refractivity contribution is -0.307. The van der Waals surface area contributed by atoms with Crippen LogP contribution in [0, 0.1) is 0 Å². The summed E-state index contributed by atoms with van der Waals surface area (Å²) in [5, 5.41) is 13.0. The molecule has 0 radical (unpaired) electrons. The molecule has 1 N–H and O–H groups in total. The quantitative estimate of drug-likeness (QED) is 0.332. The van der Waals surface area contributed by atoms with Gasteiger partial charge in [0.15, 0.2) is 23.0 Å². The van der Waals surface area contributed by atoms with Crippen LogP contribution in [0.4, 0.5) is 10.5 Å². The Kier molecular flexibility index (Phi) is 6.40. The highest BCUT2D eigenvalue weighted by Crippen LogP contribution is 2.37. The van der Waals surface area contributed by atoms with Crippen LogP contribution in [0.5, 0.6) is 23.0 Å². The van der Waals surface area contributed by atoms with E-state index in [0.29, 0.717) is 22.6 Å². The molecule has 2 aromatic rings. The molecule has 2 aliphatic rings. The minimum atomic E-state index is -1.42. The SMILES string of the molecule is C=CCc1cc(/C=C2/C(=O)NC(=O)N(c3ccc4c(c3)OCO4)C2=O)cc(OC)c1OCC(=O)[O-]. The van der Waals surface area contributed by atoms with Crippen molar-refractivity contribution in [2.45, 2.75) is 6.42 Å². The predicted octanol–water partition coefficient (Wildman–Crippen LogP) is 0.947. The molecule has 0 saturated carbocycles. The second kappa shape index (κ2) is 9.59. The number of imide groups is 2. The van der Waals surface area contributed by atoms with E-state index in [9.17, 15) is 24.3 Å². The number of benzene rings is 2. The van der Waals surface area contributed by atoms with Crippen LogP contribution >= 0.6 is 0 Å². The van der Waals surface area contributed by atoms with Gasteiger partial charge in [-0.2, -0.15) is 0 Å². The Balaban J connectivity index is 1.73. The molecule has 11 heteroatoms. The minimum absolute atomic E-state index is 0.0140. The number of hydrogen-bond donors (Lipinski definition) is 1. The van der Waals surface area contributed by atoms with Crippen LogP contribution in [0.3, 0.4) is 0 Å². The number of barbiturate groups is 1. The second-order valence-electron chi connectivity index (χ2n) is 7.36. The molecule has 180 valence electrons. The van der Waals surface area contributed by atoms with E-state index in [4.69, 9.17) is 18.9 Å². The predicted molar refractivity (Wildman–Crippen MR) is 119 cm³/mol. The van der Waals surface area contributed by atoms with Crippen molar-refractivity contribution >= 4 is 35.6 Å². The van der Waals surface area contributed by atoms with E-state index in [-0.39, 0.29) is 36.0 Å². The summed E-state index contributed by atoms with van der Waals surface area (Å²) in [6, 6.07) is 6.65. The Morgan fingerprint density at radius 1 is 1.20 bits per heavy atom. The standard InChI is InChI=1S/C24H20N2O9/c1-3-4-14-7-13(9-19(32-2)21(14)33-11-20(27)28)8-16-22(29)25-24(31)26(23(16)30)15-5-6-17-18(10-15)35-12-34-17/h3,5-10H,1,4,11-12H2,2H3,(H,27,28)(H,25,29,31)/p-1/b16-8-. The van der Waals surface area contributed by atoms with E-state index in [0.717, 1.165) is 4.90 Å². The van der Waals surface area contributed by atoms with Gasteiger partial charge in [0.2, 0.25) is 6.79 Å². The molecule has 0 bridgehead atoms. The van der Waals surface area contributed by atoms with Crippen LogP contribution in [0.25, 0.3) is 6.08 Å². The number of carboxylic acid groups (broad SMARTS) is 1. The van der Waals surface area contributed by atoms with Crippen molar-refractivity contribution in [3.05, 3.63) is 59.7 Å². The number of ether oxygens (including phenoxy) is 4. The molecule has 4 amide bonds. The number of allylic oxidation sites excluding steroid dienone is 1. The summed E-state index contributed by atoms with van der Waals surface area (Å²) in [4.78, 5) is 49.9. The summed E-state index contributed by atoms with van der Waals surface area (Å²) in [6.07, 6.45) is 3.13. The topological polar surface area (TPSA) is 144 Å². The summed E-state index contributed by atoms with van der Waals surface area (Å²) in [5.74, 6) is -1.98. The number of carboxylic acids is 1. The number of fused-ring (bicyclic) bond motifs is 1. The average Bonchev–Trinajstić information content (AvgIpc) is 3.28. The van der Waals surface area contributed by atoms with Crippen molar-refractivity contribution in [3.63, 3.8) is 0 Å². The van der Waals surface area contributed by atoms with Crippen molar-refractivity contribution in [2.24, 2.45) is 0 Å². The van der Waals surface area contributed by atoms with E-state index in [1.165, 1.54) is 31.4 Å². The van der Waals surface area contributed by atoms with Crippen molar-refractivity contribution in [1.29, 1.82) is 0 Å². The van der Waals surface area contributed by atoms with Crippen LogP contribution in [-0.4, -0.2) is 44.3 Å². The smallest absolute Gasteiger partial charge is 0.335 e. The van der Waals surface area contributed by atoms with Crippen molar-refractivity contribution in [1.82, 2.24) is 5.32 Å². The number of rotatable bonds is 8. The molecule has 0 aromatic heterocycles. The Bertz CT molecular complexity index is 1280. The number of urea groups is 1. The van der Waals surface area contributed by atoms with E-state index in [1.54, 1.807) is 18.2 Å². The summed E-state index contributed by atoms with van der Waals surface area (Å²) in [6.45, 7) is 2.99. The first-order valence-electron chi connectivity index (χ1n) is 10.3. The van der Waals surface area contributed by atoms with E-state index in [2.05, 4.69) is 11.9 Å². The highest BCUT2D eigenvalue weighted by Gasteiger charge is 2.37. The van der Waals surface area contributed by atoms with Gasteiger partial charge in [0, 0.05) is 11.6 Å². The van der Waals surface area contributed by atoms with Crippen LogP contribution in [-0.2, 0) is 20.8 Å². The highest BCUT2D eigenvalue weighted by atomic mass is 16.7. The number of nitrogens with zero attached hydrogens (tertiary/aromatic N) is 1. The molecule has 1 fully saturated rings. The molecule has 1 saturated heterocycles. The summed E-state index contributed by atoms with van der Waals surface area (Å²) >= 11 is 0. The Morgan fingerprint density at radius 2 is 1.97 bits per heavy atom. The van der Waals surface area contributed by atoms with Gasteiger partial charge in [0.25, 0.3) is 11.8 Å². The van der Waals surface area contributed by atoms with Gasteiger partial charge in [-0.15, -0.1) is 6.58 Å². The Hall–Kier alpha value is -4.80. The third-order valence-electron chi connectivity index (χ3n) is 5.10. The number of amides is 4. The molecule has 35 heavy (non-hydrogen) atoms. The molecule has 0 unspecified atom stereocenters. The monoisotopic (exact) mass is 479 g/mol. The fourth-order valence-electron chi connectivity index (χ4n) is 3.60. The molecule has 0 spiro atoms. The van der Waals surface area contributed by atoms with Crippen LogP contribution in [0.2, 0.25) is 0 Å². The van der Waals surface area contributed by atoms with E-state index >= 15 is 0 Å². The maximum atomic E-state index is 13.2. The van der Waals surface area contributed by atoms with Crippen LogP contribution in [0.15, 0.2) is 48.6 Å². The molecular formula is C24H19N2O9-. The maximum Gasteiger partial charge on any atom is 0.335 e. The third-order valence-corrected chi connectivity index (χ3v) is 5.10. The van der Waals surface area contributed by atoms with E-state index < -0.39 is 30.4 Å². The molecule has 4 rings (SSSR count). The fraction of sp³-hybridized carbons (Fsp3) is 0.167. The lowest BCUT2D eigenvalue weighted by Crippen LogP contribution is -2.54. The summed E-state index contributed by atoms with van der Waals surface area (Å²) in [7, 11) is 1.36. The number of nitrogens with one attached hydrogen (secondary N) is 1. The minimum Gasteiger partial charge on any atom is -0.546 e. The number of aliphatic carboxylic acids is 1. The number of anilines is 1. The van der Waals surface area contributed by atoms with Gasteiger partial charge in [-0.05, 0) is 42.3 Å². The zero-order chi connectivity index (χ0) is 25.1. The van der Waals surface area contributed by atoms with Crippen molar-refractivity contribution in [3.8, 4) is 23.0 Å². The van der Waals surface area contributed by atoms with Gasteiger partial charge >= 0.3 is 6.03 Å². The number of carbonyl (C=O) groups is 4. The van der Waals surface area contributed by atoms with Gasteiger partial charge in [-0.25, -0.2) is 9.69 Å². The lowest BCUT2D eigenvalue weighted by Gasteiger charge is -2.26. The van der Waals surface area contributed by atoms with Gasteiger partial charge in [0.05, 0.1) is 18.8 Å². The molecule has 11 nitrogen and oxygen atoms in total. The zero-order valence-corrected chi connectivity index (χ0v) is 18.5. The summed E-state index contributed by atoms with van der Waals surface area (Å²) < 4.78 is 21.2. The van der Waals surface area contributed by atoms with Gasteiger partial charge in [-0.3, -0.25) is 14.9 Å². The number of carbonyl (C=O) groups excluding carboxylic acids is 4. The first-order chi connectivity index (χ1) is 16.8. The lowest BCUT2D eigenvalue weighted by atomic mass is 10.0. The normalized spacial score (nSPS) is 15.7. The fourth-order valence-corrected chi connectivity index (χ4v) is 3.60. The van der Waals surface area contributed by atoms with Crippen molar-refractivity contribution in [2.75, 3.05) is 25.4 Å². The molecular weight excluding hydrogens is 460 g/mol. The largest absolute Gasteiger partial charge is 0.546 e. The number of methoxy groups -OCH3 is 1. The summed E-state index contributed by atoms with van der Waals surface area (Å²) in [5.41, 5.74) is 0.751. The van der Waals surface area contributed by atoms with Crippen molar-refractivity contribution < 1.29 is 43.2 Å². The molecule has 2 aromatic carbocycles. The highest BCUT2D eigenvalue weighted by molar-refractivity contribution is 6.39. The van der Waals surface area contributed by atoms with Gasteiger partial charge in [0.1, 0.15) is 12.2 Å². The third kappa shape index (κ3) is 4.64. The molecule has 2 aliphatic heterocycles. The van der Waals surface area contributed by atoms with Gasteiger partial charge < -0.3 is 28.8 Å². The van der Waals surface area contributed by atoms with E-state index in [1.807, 2.05) is 0 Å². The zero-order valence-electron chi connectivity index (χ0n) is 18.5. The average molecular weight is 479 g/mol. The Labute approximate surface area is 199 Å². The molecule has 0 aliphatic carbocycles. The second-order valence-corrected chi connectivity index (χ2v) is 7.36. The molecule has 0 atom stereocenters. The Morgan fingerprint density at radius 3 is 2.69 bits per heavy atom. The van der Waals surface area contributed by atoms with Crippen LogP contribution in [0.1, 0.15) is 11.1 Å². The molecule has 2 heterocycles. The van der Waals surface area contributed by atoms with Gasteiger partial charge in [-0.1, -0.05) is 6.08 Å².